The Balaban J connectivity index is 1.36. The molecule has 34 heavy (non-hydrogen) atoms. The van der Waals surface area contributed by atoms with Gasteiger partial charge in [0.2, 0.25) is 10.0 Å². The van der Waals surface area contributed by atoms with Gasteiger partial charge in [-0.05, 0) is 55.0 Å². The zero-order valence-electron chi connectivity index (χ0n) is 18.5. The van der Waals surface area contributed by atoms with Crippen LogP contribution in [0.2, 0.25) is 0 Å². The van der Waals surface area contributed by atoms with Crippen LogP contribution in [0, 0.1) is 6.92 Å². The van der Waals surface area contributed by atoms with Crippen LogP contribution in [-0.2, 0) is 24.3 Å². The van der Waals surface area contributed by atoms with Gasteiger partial charge >= 0.3 is 5.97 Å². The summed E-state index contributed by atoms with van der Waals surface area (Å²) in [5.41, 5.74) is 1.93. The number of benzene rings is 2. The number of morpholine rings is 1. The van der Waals surface area contributed by atoms with Gasteiger partial charge in [0.25, 0.3) is 5.91 Å². The Labute approximate surface area is 197 Å². The number of rotatable bonds is 7. The standard InChI is InChI=1S/C23H24N4O6S/c1-17-3-6-19(15-21(17)34(30,31)26-11-13-32-14-12-26)25-22(28)16-33-23(29)18-4-7-20(8-5-18)27-10-2-9-24-27/h2-10,15H,11-14,16H2,1H3,(H,25,28). The highest BCUT2D eigenvalue weighted by atomic mass is 32.2. The van der Waals surface area contributed by atoms with Gasteiger partial charge in [0.1, 0.15) is 0 Å². The van der Waals surface area contributed by atoms with E-state index in [-0.39, 0.29) is 23.5 Å². The lowest BCUT2D eigenvalue weighted by molar-refractivity contribution is -0.119. The van der Waals surface area contributed by atoms with Crippen LogP contribution in [0.1, 0.15) is 15.9 Å². The van der Waals surface area contributed by atoms with Gasteiger partial charge in [-0.3, -0.25) is 4.79 Å². The molecule has 0 spiro atoms. The quantitative estimate of drug-likeness (QED) is 0.509. The number of ether oxygens (including phenoxy) is 2. The van der Waals surface area contributed by atoms with Crippen LogP contribution in [0.15, 0.2) is 65.8 Å². The van der Waals surface area contributed by atoms with Gasteiger partial charge in [0.05, 0.1) is 29.4 Å². The fraction of sp³-hybridized carbons (Fsp3) is 0.261. The molecule has 2 heterocycles. The van der Waals surface area contributed by atoms with Crippen LogP contribution < -0.4 is 5.32 Å². The predicted octanol–water partition coefficient (Wildman–Crippen LogP) is 2.00. The lowest BCUT2D eigenvalue weighted by Crippen LogP contribution is -2.40. The molecule has 1 aliphatic rings. The Bertz CT molecular complexity index is 1270. The summed E-state index contributed by atoms with van der Waals surface area (Å²) in [6.45, 7) is 2.41. The van der Waals surface area contributed by atoms with Crippen molar-refractivity contribution >= 4 is 27.6 Å². The summed E-state index contributed by atoms with van der Waals surface area (Å²) in [4.78, 5) is 24.7. The van der Waals surface area contributed by atoms with Crippen LogP contribution in [0.3, 0.4) is 0 Å². The summed E-state index contributed by atoms with van der Waals surface area (Å²) < 4.78 is 39.3. The number of aromatic nitrogens is 2. The van der Waals surface area contributed by atoms with E-state index in [1.165, 1.54) is 10.4 Å². The third-order valence-electron chi connectivity index (χ3n) is 5.27. The molecular formula is C23H24N4O6S. The minimum Gasteiger partial charge on any atom is -0.452 e. The Kier molecular flexibility index (Phi) is 7.06. The molecule has 4 rings (SSSR count). The summed E-state index contributed by atoms with van der Waals surface area (Å²) in [5, 5.41) is 6.70. The minimum absolute atomic E-state index is 0.112. The van der Waals surface area contributed by atoms with Crippen molar-refractivity contribution < 1.29 is 27.5 Å². The second kappa shape index (κ2) is 10.2. The van der Waals surface area contributed by atoms with E-state index < -0.39 is 28.5 Å². The maximum atomic E-state index is 13.0. The highest BCUT2D eigenvalue weighted by Crippen LogP contribution is 2.24. The SMILES string of the molecule is Cc1ccc(NC(=O)COC(=O)c2ccc(-n3cccn3)cc2)cc1S(=O)(=O)N1CCOCC1. The molecular weight excluding hydrogens is 460 g/mol. The number of nitrogens with zero attached hydrogens (tertiary/aromatic N) is 3. The van der Waals surface area contributed by atoms with Crippen molar-refractivity contribution in [3.63, 3.8) is 0 Å². The monoisotopic (exact) mass is 484 g/mol. The first-order valence-electron chi connectivity index (χ1n) is 10.6. The van der Waals surface area contributed by atoms with Gasteiger partial charge in [-0.15, -0.1) is 0 Å². The number of aryl methyl sites for hydroxylation is 1. The molecule has 0 aliphatic carbocycles. The van der Waals surface area contributed by atoms with Gasteiger partial charge < -0.3 is 14.8 Å². The topological polar surface area (TPSA) is 120 Å². The van der Waals surface area contributed by atoms with Gasteiger partial charge in [-0.2, -0.15) is 9.40 Å². The maximum Gasteiger partial charge on any atom is 0.338 e. The third kappa shape index (κ3) is 5.33. The molecule has 0 bridgehead atoms. The normalized spacial score (nSPS) is 14.5. The van der Waals surface area contributed by atoms with E-state index in [1.54, 1.807) is 66.5 Å². The number of nitrogens with one attached hydrogen (secondary N) is 1. The van der Waals surface area contributed by atoms with Crippen LogP contribution in [0.25, 0.3) is 5.69 Å². The number of hydrogen-bond acceptors (Lipinski definition) is 7. The molecule has 3 aromatic rings. The van der Waals surface area contributed by atoms with E-state index in [0.29, 0.717) is 24.5 Å². The predicted molar refractivity (Wildman–Crippen MR) is 123 cm³/mol. The molecule has 178 valence electrons. The highest BCUT2D eigenvalue weighted by molar-refractivity contribution is 7.89. The van der Waals surface area contributed by atoms with Crippen LogP contribution >= 0.6 is 0 Å². The molecule has 0 atom stereocenters. The van der Waals surface area contributed by atoms with Crippen molar-refractivity contribution in [3.8, 4) is 5.69 Å². The number of carbonyl (C=O) groups excluding carboxylic acids is 2. The van der Waals surface area contributed by atoms with E-state index in [2.05, 4.69) is 10.4 Å². The summed E-state index contributed by atoms with van der Waals surface area (Å²) in [6.07, 6.45) is 3.43. The summed E-state index contributed by atoms with van der Waals surface area (Å²) in [6, 6.07) is 13.0. The molecule has 1 aliphatic heterocycles. The zero-order chi connectivity index (χ0) is 24.1. The molecule has 0 radical (unpaired) electrons. The minimum atomic E-state index is -3.72. The summed E-state index contributed by atoms with van der Waals surface area (Å²) in [7, 11) is -3.72. The van der Waals surface area contributed by atoms with Crippen molar-refractivity contribution in [2.24, 2.45) is 0 Å². The lowest BCUT2D eigenvalue weighted by atomic mass is 10.2. The molecule has 0 saturated carbocycles. The first-order valence-corrected chi connectivity index (χ1v) is 12.0. The Morgan fingerprint density at radius 1 is 1.12 bits per heavy atom. The molecule has 2 aromatic carbocycles. The third-order valence-corrected chi connectivity index (χ3v) is 7.31. The van der Waals surface area contributed by atoms with Gasteiger partial charge in [0.15, 0.2) is 6.61 Å². The van der Waals surface area contributed by atoms with Crippen LogP contribution in [-0.4, -0.2) is 67.3 Å². The Morgan fingerprint density at radius 3 is 2.53 bits per heavy atom. The molecule has 1 aromatic heterocycles. The van der Waals surface area contributed by atoms with Crippen LogP contribution in [0.5, 0.6) is 0 Å². The zero-order valence-corrected chi connectivity index (χ0v) is 19.3. The van der Waals surface area contributed by atoms with Crippen molar-refractivity contribution in [3.05, 3.63) is 72.1 Å². The average molecular weight is 485 g/mol. The first-order chi connectivity index (χ1) is 16.3. The van der Waals surface area contributed by atoms with E-state index in [1.807, 2.05) is 0 Å². The van der Waals surface area contributed by atoms with Crippen molar-refractivity contribution in [2.75, 3.05) is 38.2 Å². The van der Waals surface area contributed by atoms with E-state index in [0.717, 1.165) is 5.69 Å². The van der Waals surface area contributed by atoms with Gasteiger partial charge in [-0.1, -0.05) is 6.07 Å². The smallest absolute Gasteiger partial charge is 0.338 e. The number of esters is 1. The maximum absolute atomic E-state index is 13.0. The number of carbonyl (C=O) groups is 2. The van der Waals surface area contributed by atoms with E-state index in [9.17, 15) is 18.0 Å². The number of amides is 1. The molecule has 1 N–H and O–H groups in total. The van der Waals surface area contributed by atoms with E-state index >= 15 is 0 Å². The fourth-order valence-electron chi connectivity index (χ4n) is 3.47. The Morgan fingerprint density at radius 2 is 1.85 bits per heavy atom. The summed E-state index contributed by atoms with van der Waals surface area (Å²) >= 11 is 0. The number of anilines is 1. The second-order valence-corrected chi connectivity index (χ2v) is 9.52. The first kappa shape index (κ1) is 23.6. The molecule has 11 heteroatoms. The molecule has 1 amide bonds. The molecule has 1 fully saturated rings. The highest BCUT2D eigenvalue weighted by Gasteiger charge is 2.28. The second-order valence-electron chi connectivity index (χ2n) is 7.62. The molecule has 10 nitrogen and oxygen atoms in total. The number of sulfonamides is 1. The number of hydrogen-bond donors (Lipinski definition) is 1. The van der Waals surface area contributed by atoms with Crippen molar-refractivity contribution in [1.82, 2.24) is 14.1 Å². The Hall–Kier alpha value is -3.54. The van der Waals surface area contributed by atoms with Crippen molar-refractivity contribution in [1.29, 1.82) is 0 Å². The van der Waals surface area contributed by atoms with Gasteiger partial charge in [-0.25, -0.2) is 17.9 Å². The van der Waals surface area contributed by atoms with Crippen LogP contribution in [0.4, 0.5) is 5.69 Å². The molecule has 1 saturated heterocycles. The van der Waals surface area contributed by atoms with Gasteiger partial charge in [0, 0.05) is 31.2 Å². The summed E-state index contributed by atoms with van der Waals surface area (Å²) in [5.74, 6) is -1.23. The average Bonchev–Trinajstić information content (AvgIpc) is 3.39. The molecule has 0 unspecified atom stereocenters. The largest absolute Gasteiger partial charge is 0.452 e. The van der Waals surface area contributed by atoms with E-state index in [4.69, 9.17) is 9.47 Å². The fourth-order valence-corrected chi connectivity index (χ4v) is 5.12. The van der Waals surface area contributed by atoms with Crippen molar-refractivity contribution in [2.45, 2.75) is 11.8 Å². The lowest BCUT2D eigenvalue weighted by Gasteiger charge is -2.26.